The average molecular weight is 141 g/mol. The Labute approximate surface area is 59.5 Å². The normalized spacial score (nSPS) is 13.4. The third kappa shape index (κ3) is 1.54. The molecule has 0 bridgehead atoms. The van der Waals surface area contributed by atoms with Crippen LogP contribution in [0.1, 0.15) is 19.4 Å². The first-order valence-electron chi connectivity index (χ1n) is 3.29. The highest BCUT2D eigenvalue weighted by atomic mass is 16.3. The molecule has 0 amide bonds. The van der Waals surface area contributed by atoms with Gasteiger partial charge in [0.15, 0.2) is 0 Å². The summed E-state index contributed by atoms with van der Waals surface area (Å²) < 4.78 is 1.73. The molecule has 0 saturated heterocycles. The van der Waals surface area contributed by atoms with Crippen molar-refractivity contribution in [3.63, 3.8) is 0 Å². The van der Waals surface area contributed by atoms with Gasteiger partial charge in [0.2, 0.25) is 0 Å². The SMILES string of the molecule is C[C@H](CCO)n1cncn1. The second-order valence-electron chi connectivity index (χ2n) is 2.24. The molecule has 56 valence electrons. The minimum Gasteiger partial charge on any atom is -0.396 e. The monoisotopic (exact) mass is 141 g/mol. The first-order chi connectivity index (χ1) is 4.84. The van der Waals surface area contributed by atoms with E-state index in [1.165, 1.54) is 6.33 Å². The molecule has 0 fully saturated rings. The van der Waals surface area contributed by atoms with Crippen LogP contribution in [0.2, 0.25) is 0 Å². The van der Waals surface area contributed by atoms with Crippen LogP contribution in [0.5, 0.6) is 0 Å². The van der Waals surface area contributed by atoms with Gasteiger partial charge in [0, 0.05) is 6.61 Å². The van der Waals surface area contributed by atoms with Crippen LogP contribution in [0, 0.1) is 0 Å². The zero-order chi connectivity index (χ0) is 7.40. The molecule has 0 saturated carbocycles. The van der Waals surface area contributed by atoms with Crippen LogP contribution in [-0.2, 0) is 0 Å². The van der Waals surface area contributed by atoms with Gasteiger partial charge in [-0.3, -0.25) is 4.68 Å². The summed E-state index contributed by atoms with van der Waals surface area (Å²) in [5.74, 6) is 0. The molecule has 0 unspecified atom stereocenters. The van der Waals surface area contributed by atoms with Gasteiger partial charge >= 0.3 is 0 Å². The Morgan fingerprint density at radius 1 is 1.70 bits per heavy atom. The lowest BCUT2D eigenvalue weighted by molar-refractivity contribution is 0.257. The number of hydrogen-bond acceptors (Lipinski definition) is 3. The Bertz CT molecular complexity index is 173. The van der Waals surface area contributed by atoms with Gasteiger partial charge in [0.05, 0.1) is 6.04 Å². The van der Waals surface area contributed by atoms with Crippen LogP contribution in [-0.4, -0.2) is 26.5 Å². The molecule has 1 atom stereocenters. The van der Waals surface area contributed by atoms with Gasteiger partial charge in [-0.05, 0) is 13.3 Å². The molecule has 0 aliphatic heterocycles. The summed E-state index contributed by atoms with van der Waals surface area (Å²) in [5.41, 5.74) is 0. The minimum absolute atomic E-state index is 0.195. The van der Waals surface area contributed by atoms with Crippen LogP contribution in [0.15, 0.2) is 12.7 Å². The molecular formula is C6H11N3O. The zero-order valence-corrected chi connectivity index (χ0v) is 5.94. The molecule has 4 nitrogen and oxygen atoms in total. The maximum atomic E-state index is 8.57. The van der Waals surface area contributed by atoms with Crippen LogP contribution >= 0.6 is 0 Å². The van der Waals surface area contributed by atoms with Crippen molar-refractivity contribution in [2.24, 2.45) is 0 Å². The summed E-state index contributed by atoms with van der Waals surface area (Å²) in [5, 5.41) is 12.5. The summed E-state index contributed by atoms with van der Waals surface area (Å²) in [6, 6.07) is 0.243. The standard InChI is InChI=1S/C6H11N3O/c1-6(2-3-10)9-5-7-4-8-9/h4-6,10H,2-3H2,1H3/t6-/m1/s1. The number of aliphatic hydroxyl groups excluding tert-OH is 1. The fourth-order valence-corrected chi connectivity index (χ4v) is 0.764. The highest BCUT2D eigenvalue weighted by Crippen LogP contribution is 2.05. The van der Waals surface area contributed by atoms with Crippen molar-refractivity contribution in [2.45, 2.75) is 19.4 Å². The highest BCUT2D eigenvalue weighted by molar-refractivity contribution is 4.63. The zero-order valence-electron chi connectivity index (χ0n) is 5.94. The van der Waals surface area contributed by atoms with Gasteiger partial charge in [-0.2, -0.15) is 5.10 Å². The molecule has 1 N–H and O–H groups in total. The summed E-state index contributed by atoms with van der Waals surface area (Å²) in [6.45, 7) is 2.19. The van der Waals surface area contributed by atoms with E-state index in [0.29, 0.717) is 0 Å². The van der Waals surface area contributed by atoms with Gasteiger partial charge in [0.1, 0.15) is 12.7 Å². The van der Waals surface area contributed by atoms with E-state index in [1.807, 2.05) is 6.92 Å². The third-order valence-corrected chi connectivity index (χ3v) is 1.44. The lowest BCUT2D eigenvalue weighted by atomic mass is 10.2. The van der Waals surface area contributed by atoms with E-state index in [4.69, 9.17) is 5.11 Å². The Balaban J connectivity index is 2.50. The van der Waals surface area contributed by atoms with E-state index >= 15 is 0 Å². The van der Waals surface area contributed by atoms with Crippen molar-refractivity contribution in [2.75, 3.05) is 6.61 Å². The first kappa shape index (κ1) is 7.21. The van der Waals surface area contributed by atoms with Crippen LogP contribution in [0.25, 0.3) is 0 Å². The van der Waals surface area contributed by atoms with Crippen LogP contribution < -0.4 is 0 Å². The summed E-state index contributed by atoms with van der Waals surface area (Å²) in [6.07, 6.45) is 3.87. The quantitative estimate of drug-likeness (QED) is 0.655. The van der Waals surface area contributed by atoms with E-state index in [1.54, 1.807) is 11.0 Å². The topological polar surface area (TPSA) is 50.9 Å². The minimum atomic E-state index is 0.195. The summed E-state index contributed by atoms with van der Waals surface area (Å²) >= 11 is 0. The van der Waals surface area contributed by atoms with E-state index in [9.17, 15) is 0 Å². The number of aromatic nitrogens is 3. The molecule has 0 spiro atoms. The summed E-state index contributed by atoms with van der Waals surface area (Å²) in [7, 11) is 0. The summed E-state index contributed by atoms with van der Waals surface area (Å²) in [4.78, 5) is 3.80. The third-order valence-electron chi connectivity index (χ3n) is 1.44. The molecular weight excluding hydrogens is 130 g/mol. The molecule has 4 heteroatoms. The van der Waals surface area contributed by atoms with Gasteiger partial charge in [-0.15, -0.1) is 0 Å². The predicted octanol–water partition coefficient (Wildman–Crippen LogP) is 0.222. The maximum absolute atomic E-state index is 8.57. The molecule has 1 heterocycles. The van der Waals surface area contributed by atoms with Crippen molar-refractivity contribution in [3.8, 4) is 0 Å². The molecule has 0 aliphatic rings. The van der Waals surface area contributed by atoms with Crippen molar-refractivity contribution in [3.05, 3.63) is 12.7 Å². The smallest absolute Gasteiger partial charge is 0.137 e. The van der Waals surface area contributed by atoms with Gasteiger partial charge in [0.25, 0.3) is 0 Å². The number of aliphatic hydroxyl groups is 1. The van der Waals surface area contributed by atoms with E-state index < -0.39 is 0 Å². The number of rotatable bonds is 3. The van der Waals surface area contributed by atoms with Gasteiger partial charge in [-0.1, -0.05) is 0 Å². The molecule has 0 aromatic carbocycles. The number of hydrogen-bond donors (Lipinski definition) is 1. The maximum Gasteiger partial charge on any atom is 0.137 e. The molecule has 10 heavy (non-hydrogen) atoms. The number of nitrogens with zero attached hydrogens (tertiary/aromatic N) is 3. The molecule has 1 aromatic rings. The lowest BCUT2D eigenvalue weighted by Gasteiger charge is -2.07. The molecule has 0 radical (unpaired) electrons. The second-order valence-corrected chi connectivity index (χ2v) is 2.24. The van der Waals surface area contributed by atoms with Crippen molar-refractivity contribution < 1.29 is 5.11 Å². The van der Waals surface area contributed by atoms with Gasteiger partial charge in [-0.25, -0.2) is 4.98 Å². The molecule has 0 aliphatic carbocycles. The van der Waals surface area contributed by atoms with E-state index in [0.717, 1.165) is 6.42 Å². The Kier molecular flexibility index (Phi) is 2.39. The van der Waals surface area contributed by atoms with Crippen molar-refractivity contribution >= 4 is 0 Å². The van der Waals surface area contributed by atoms with E-state index in [-0.39, 0.29) is 12.6 Å². The average Bonchev–Trinajstić information content (AvgIpc) is 2.38. The van der Waals surface area contributed by atoms with Crippen molar-refractivity contribution in [1.82, 2.24) is 14.8 Å². The molecule has 1 aromatic heterocycles. The predicted molar refractivity (Wildman–Crippen MR) is 36.4 cm³/mol. The largest absolute Gasteiger partial charge is 0.396 e. The highest BCUT2D eigenvalue weighted by Gasteiger charge is 2.01. The molecule has 1 rings (SSSR count). The Hall–Kier alpha value is -0.900. The Morgan fingerprint density at radius 3 is 3.00 bits per heavy atom. The lowest BCUT2D eigenvalue weighted by Crippen LogP contribution is -2.06. The van der Waals surface area contributed by atoms with Crippen LogP contribution in [0.4, 0.5) is 0 Å². The van der Waals surface area contributed by atoms with E-state index in [2.05, 4.69) is 10.1 Å². The van der Waals surface area contributed by atoms with Crippen LogP contribution in [0.3, 0.4) is 0 Å². The van der Waals surface area contributed by atoms with Crippen molar-refractivity contribution in [1.29, 1.82) is 0 Å². The fourth-order valence-electron chi connectivity index (χ4n) is 0.764. The first-order valence-corrected chi connectivity index (χ1v) is 3.29. The second kappa shape index (κ2) is 3.31. The fraction of sp³-hybridized carbons (Fsp3) is 0.667. The van der Waals surface area contributed by atoms with Gasteiger partial charge < -0.3 is 5.11 Å². The Morgan fingerprint density at radius 2 is 2.50 bits per heavy atom.